The minimum Gasteiger partial charge on any atom is -0.489 e. The summed E-state index contributed by atoms with van der Waals surface area (Å²) in [5.74, 6) is 7.00. The second-order valence-corrected chi connectivity index (χ2v) is 7.00. The number of nitrogens with zero attached hydrogens (tertiary/aromatic N) is 1. The molecule has 0 aliphatic carbocycles. The zero-order valence-corrected chi connectivity index (χ0v) is 16.7. The van der Waals surface area contributed by atoms with E-state index < -0.39 is 5.60 Å². The molecule has 3 heteroatoms. The van der Waals surface area contributed by atoms with Gasteiger partial charge in [-0.05, 0) is 50.2 Å². The van der Waals surface area contributed by atoms with Crippen LogP contribution in [0.1, 0.15) is 25.0 Å². The summed E-state index contributed by atoms with van der Waals surface area (Å²) >= 11 is 0. The number of hydrogen-bond donors (Lipinski definition) is 0. The Morgan fingerprint density at radius 1 is 1.04 bits per heavy atom. The van der Waals surface area contributed by atoms with E-state index in [4.69, 9.17) is 9.47 Å². The molecular formula is C24H29NO2. The molecule has 2 aromatic carbocycles. The Morgan fingerprint density at radius 2 is 1.78 bits per heavy atom. The van der Waals surface area contributed by atoms with Gasteiger partial charge in [0.25, 0.3) is 0 Å². The molecule has 142 valence electrons. The van der Waals surface area contributed by atoms with Gasteiger partial charge in [0.2, 0.25) is 0 Å². The van der Waals surface area contributed by atoms with Crippen LogP contribution >= 0.6 is 0 Å². The summed E-state index contributed by atoms with van der Waals surface area (Å²) < 4.78 is 11.2. The molecule has 0 N–H and O–H groups in total. The van der Waals surface area contributed by atoms with Crippen LogP contribution in [0.4, 0.5) is 0 Å². The lowest BCUT2D eigenvalue weighted by Crippen LogP contribution is -2.19. The van der Waals surface area contributed by atoms with E-state index >= 15 is 0 Å². The van der Waals surface area contributed by atoms with Crippen molar-refractivity contribution in [1.82, 2.24) is 4.90 Å². The van der Waals surface area contributed by atoms with E-state index in [1.807, 2.05) is 50.3 Å². The van der Waals surface area contributed by atoms with Crippen LogP contribution in [0.15, 0.2) is 66.7 Å². The molecule has 0 unspecified atom stereocenters. The van der Waals surface area contributed by atoms with Gasteiger partial charge in [-0.25, -0.2) is 0 Å². The van der Waals surface area contributed by atoms with Crippen molar-refractivity contribution >= 4 is 0 Å². The van der Waals surface area contributed by atoms with E-state index in [2.05, 4.69) is 54.1 Å². The summed E-state index contributed by atoms with van der Waals surface area (Å²) in [4.78, 5) is 2.23. The molecule has 27 heavy (non-hydrogen) atoms. The summed E-state index contributed by atoms with van der Waals surface area (Å²) in [6.45, 7) is 6.17. The van der Waals surface area contributed by atoms with Gasteiger partial charge in [-0.1, -0.05) is 60.4 Å². The third-order valence-electron chi connectivity index (χ3n) is 4.10. The molecule has 0 radical (unpaired) electrons. The fourth-order valence-corrected chi connectivity index (χ4v) is 2.41. The standard InChI is InChI=1S/C24H29NO2/c1-24(2,26-4)16-9-6-10-17-25(3)19-22-14-11-15-23(18-22)27-20-21-12-7-5-8-13-21/h5-8,10-15,18H,17,19-20H2,1-4H3/b10-6+. The maximum atomic E-state index is 5.91. The second kappa shape index (κ2) is 10.6. The maximum absolute atomic E-state index is 5.91. The quantitative estimate of drug-likeness (QED) is 0.636. The summed E-state index contributed by atoms with van der Waals surface area (Å²) in [5.41, 5.74) is 1.99. The first-order valence-corrected chi connectivity index (χ1v) is 9.15. The van der Waals surface area contributed by atoms with Gasteiger partial charge >= 0.3 is 0 Å². The van der Waals surface area contributed by atoms with Crippen LogP contribution in [0, 0.1) is 11.8 Å². The van der Waals surface area contributed by atoms with Crippen LogP contribution in [0.3, 0.4) is 0 Å². The molecule has 2 rings (SSSR count). The summed E-state index contributed by atoms with van der Waals surface area (Å²) in [5, 5.41) is 0. The van der Waals surface area contributed by atoms with Crippen molar-refractivity contribution < 1.29 is 9.47 Å². The van der Waals surface area contributed by atoms with Gasteiger partial charge in [-0.2, -0.15) is 0 Å². The molecule has 0 spiro atoms. The Balaban J connectivity index is 1.82. The van der Waals surface area contributed by atoms with Gasteiger partial charge in [-0.3, -0.25) is 4.90 Å². The lowest BCUT2D eigenvalue weighted by atomic mass is 10.1. The average molecular weight is 364 g/mol. The Kier molecular flexibility index (Phi) is 8.13. The molecule has 0 aliphatic heterocycles. The van der Waals surface area contributed by atoms with Gasteiger partial charge in [0, 0.05) is 20.2 Å². The molecule has 2 aromatic rings. The van der Waals surface area contributed by atoms with E-state index in [1.54, 1.807) is 7.11 Å². The third kappa shape index (κ3) is 8.13. The number of methoxy groups -OCH3 is 1. The molecule has 3 nitrogen and oxygen atoms in total. The zero-order chi connectivity index (χ0) is 19.5. The average Bonchev–Trinajstić information content (AvgIpc) is 2.67. The highest BCUT2D eigenvalue weighted by Gasteiger charge is 2.10. The van der Waals surface area contributed by atoms with E-state index in [9.17, 15) is 0 Å². The first-order chi connectivity index (χ1) is 13.0. The van der Waals surface area contributed by atoms with Gasteiger partial charge < -0.3 is 9.47 Å². The fraction of sp³-hybridized carbons (Fsp3) is 0.333. The smallest absolute Gasteiger partial charge is 0.123 e. The summed E-state index contributed by atoms with van der Waals surface area (Å²) in [6.07, 6.45) is 3.95. The summed E-state index contributed by atoms with van der Waals surface area (Å²) in [7, 11) is 3.76. The summed E-state index contributed by atoms with van der Waals surface area (Å²) in [6, 6.07) is 18.5. The van der Waals surface area contributed by atoms with Gasteiger partial charge in [0.15, 0.2) is 0 Å². The first-order valence-electron chi connectivity index (χ1n) is 9.15. The van der Waals surface area contributed by atoms with E-state index in [0.29, 0.717) is 6.61 Å². The monoisotopic (exact) mass is 363 g/mol. The lowest BCUT2D eigenvalue weighted by molar-refractivity contribution is 0.0742. The van der Waals surface area contributed by atoms with Gasteiger partial charge in [0.1, 0.15) is 18.0 Å². The molecule has 0 amide bonds. The minimum atomic E-state index is -0.406. The molecule has 0 bridgehead atoms. The predicted molar refractivity (Wildman–Crippen MR) is 112 cm³/mol. The molecular weight excluding hydrogens is 334 g/mol. The van der Waals surface area contributed by atoms with Crippen molar-refractivity contribution in [3.05, 3.63) is 77.9 Å². The Labute approximate surface area is 163 Å². The fourth-order valence-electron chi connectivity index (χ4n) is 2.41. The Bertz CT molecular complexity index is 785. The zero-order valence-electron chi connectivity index (χ0n) is 16.7. The van der Waals surface area contributed by atoms with Crippen molar-refractivity contribution in [3.63, 3.8) is 0 Å². The Morgan fingerprint density at radius 3 is 2.52 bits per heavy atom. The SMILES string of the molecule is COC(C)(C)C#C/C=C/CN(C)Cc1cccc(OCc2ccccc2)c1. The topological polar surface area (TPSA) is 21.7 Å². The molecule has 0 aliphatic rings. The normalized spacial score (nSPS) is 11.4. The van der Waals surface area contributed by atoms with Crippen LogP contribution in [0.25, 0.3) is 0 Å². The number of hydrogen-bond acceptors (Lipinski definition) is 3. The number of allylic oxidation sites excluding steroid dienone is 1. The number of rotatable bonds is 8. The van der Waals surface area contributed by atoms with Crippen molar-refractivity contribution in [2.75, 3.05) is 20.7 Å². The Hall–Kier alpha value is -2.54. The molecule has 0 saturated heterocycles. The van der Waals surface area contributed by atoms with Crippen molar-refractivity contribution in [2.45, 2.75) is 32.6 Å². The van der Waals surface area contributed by atoms with E-state index in [1.165, 1.54) is 11.1 Å². The van der Waals surface area contributed by atoms with Crippen molar-refractivity contribution in [2.24, 2.45) is 0 Å². The molecule has 0 heterocycles. The minimum absolute atomic E-state index is 0.406. The highest BCUT2D eigenvalue weighted by atomic mass is 16.5. The van der Waals surface area contributed by atoms with Crippen LogP contribution in [-0.2, 0) is 17.9 Å². The largest absolute Gasteiger partial charge is 0.489 e. The van der Waals surface area contributed by atoms with Crippen LogP contribution < -0.4 is 4.74 Å². The maximum Gasteiger partial charge on any atom is 0.123 e. The molecule has 0 aromatic heterocycles. The lowest BCUT2D eigenvalue weighted by Gasteiger charge is -2.15. The van der Waals surface area contributed by atoms with Gasteiger partial charge in [0.05, 0.1) is 0 Å². The van der Waals surface area contributed by atoms with E-state index in [0.717, 1.165) is 18.8 Å². The van der Waals surface area contributed by atoms with Crippen molar-refractivity contribution in [1.29, 1.82) is 0 Å². The number of likely N-dealkylation sites (N-methyl/N-ethyl adjacent to an activating group) is 1. The number of benzene rings is 2. The number of ether oxygens (including phenoxy) is 2. The molecule has 0 atom stereocenters. The molecule has 0 fully saturated rings. The van der Waals surface area contributed by atoms with Gasteiger partial charge in [-0.15, -0.1) is 0 Å². The van der Waals surface area contributed by atoms with Crippen molar-refractivity contribution in [3.8, 4) is 17.6 Å². The third-order valence-corrected chi connectivity index (χ3v) is 4.10. The predicted octanol–water partition coefficient (Wildman–Crippen LogP) is 4.68. The highest BCUT2D eigenvalue weighted by molar-refractivity contribution is 5.29. The van der Waals surface area contributed by atoms with E-state index in [-0.39, 0.29) is 0 Å². The highest BCUT2D eigenvalue weighted by Crippen LogP contribution is 2.16. The van der Waals surface area contributed by atoms with Crippen LogP contribution in [-0.4, -0.2) is 31.2 Å². The second-order valence-electron chi connectivity index (χ2n) is 7.00. The van der Waals surface area contributed by atoms with Crippen LogP contribution in [0.5, 0.6) is 5.75 Å². The molecule has 0 saturated carbocycles. The van der Waals surface area contributed by atoms with Crippen LogP contribution in [0.2, 0.25) is 0 Å². The first kappa shape index (κ1) is 20.8.